The zero-order chi connectivity index (χ0) is 10.7. The Kier molecular flexibility index (Phi) is 2.73. The molecule has 0 fully saturated rings. The molecule has 0 aromatic carbocycles. The summed E-state index contributed by atoms with van der Waals surface area (Å²) in [5.74, 6) is -0.473. The van der Waals surface area contributed by atoms with Crippen molar-refractivity contribution in [1.82, 2.24) is 9.97 Å². The van der Waals surface area contributed by atoms with Crippen LogP contribution < -0.4 is 0 Å². The SMILES string of the molecule is COC(=O)c1cnc(-c2ccsc2)cn1. The number of ether oxygens (including phenoxy) is 1. The van der Waals surface area contributed by atoms with E-state index in [2.05, 4.69) is 14.7 Å². The largest absolute Gasteiger partial charge is 0.464 e. The van der Waals surface area contributed by atoms with E-state index in [4.69, 9.17) is 0 Å². The quantitative estimate of drug-likeness (QED) is 0.726. The molecule has 76 valence electrons. The van der Waals surface area contributed by atoms with Crippen molar-refractivity contribution in [1.29, 1.82) is 0 Å². The van der Waals surface area contributed by atoms with Gasteiger partial charge in [0, 0.05) is 10.9 Å². The van der Waals surface area contributed by atoms with Crippen LogP contribution in [0.4, 0.5) is 0 Å². The van der Waals surface area contributed by atoms with Crippen molar-refractivity contribution in [2.24, 2.45) is 0 Å². The number of methoxy groups -OCH3 is 1. The first kappa shape index (κ1) is 9.79. The highest BCUT2D eigenvalue weighted by atomic mass is 32.1. The third-order valence-electron chi connectivity index (χ3n) is 1.86. The lowest BCUT2D eigenvalue weighted by atomic mass is 10.2. The normalized spacial score (nSPS) is 9.93. The monoisotopic (exact) mass is 220 g/mol. The highest BCUT2D eigenvalue weighted by Crippen LogP contribution is 2.18. The van der Waals surface area contributed by atoms with Crippen molar-refractivity contribution in [3.63, 3.8) is 0 Å². The maximum Gasteiger partial charge on any atom is 0.358 e. The van der Waals surface area contributed by atoms with E-state index < -0.39 is 5.97 Å². The predicted octanol–water partition coefficient (Wildman–Crippen LogP) is 1.99. The molecule has 2 heterocycles. The average molecular weight is 220 g/mol. The molecule has 4 nitrogen and oxygen atoms in total. The van der Waals surface area contributed by atoms with Crippen molar-refractivity contribution in [3.05, 3.63) is 34.9 Å². The second-order valence-electron chi connectivity index (χ2n) is 2.79. The molecule has 0 saturated carbocycles. The maximum atomic E-state index is 11.1. The van der Waals surface area contributed by atoms with Crippen LogP contribution in [0, 0.1) is 0 Å². The number of carbonyl (C=O) groups is 1. The molecule has 5 heteroatoms. The van der Waals surface area contributed by atoms with Gasteiger partial charge in [0.2, 0.25) is 0 Å². The molecule has 2 rings (SSSR count). The molecule has 0 aliphatic heterocycles. The number of rotatable bonds is 2. The molecule has 0 N–H and O–H groups in total. The highest BCUT2D eigenvalue weighted by Gasteiger charge is 2.07. The van der Waals surface area contributed by atoms with E-state index in [1.54, 1.807) is 17.5 Å². The van der Waals surface area contributed by atoms with Crippen LogP contribution in [0.1, 0.15) is 10.5 Å². The average Bonchev–Trinajstić information content (AvgIpc) is 2.82. The Morgan fingerprint density at radius 2 is 2.27 bits per heavy atom. The van der Waals surface area contributed by atoms with E-state index in [9.17, 15) is 4.79 Å². The van der Waals surface area contributed by atoms with Gasteiger partial charge in [0.1, 0.15) is 0 Å². The molecule has 0 aliphatic carbocycles. The van der Waals surface area contributed by atoms with Crippen molar-refractivity contribution in [3.8, 4) is 11.3 Å². The first-order valence-electron chi connectivity index (χ1n) is 4.24. The fourth-order valence-electron chi connectivity index (χ4n) is 1.10. The van der Waals surface area contributed by atoms with Gasteiger partial charge in [-0.25, -0.2) is 9.78 Å². The lowest BCUT2D eigenvalue weighted by Crippen LogP contribution is -2.04. The zero-order valence-electron chi connectivity index (χ0n) is 8.01. The molecule has 0 aliphatic rings. The van der Waals surface area contributed by atoms with E-state index in [0.717, 1.165) is 11.3 Å². The Morgan fingerprint density at radius 1 is 1.40 bits per heavy atom. The molecule has 2 aromatic heterocycles. The molecule has 0 spiro atoms. The summed E-state index contributed by atoms with van der Waals surface area (Å²) in [5.41, 5.74) is 1.98. The summed E-state index contributed by atoms with van der Waals surface area (Å²) in [7, 11) is 1.32. The molecule has 2 aromatic rings. The van der Waals surface area contributed by atoms with Crippen LogP contribution in [0.3, 0.4) is 0 Å². The molecule has 0 unspecified atom stereocenters. The van der Waals surface area contributed by atoms with Crippen LogP contribution >= 0.6 is 11.3 Å². The van der Waals surface area contributed by atoms with Gasteiger partial charge >= 0.3 is 5.97 Å². The van der Waals surface area contributed by atoms with Gasteiger partial charge in [0.15, 0.2) is 5.69 Å². The van der Waals surface area contributed by atoms with Gasteiger partial charge in [0.25, 0.3) is 0 Å². The number of hydrogen-bond acceptors (Lipinski definition) is 5. The summed E-state index contributed by atoms with van der Waals surface area (Å²) in [4.78, 5) is 19.2. The number of nitrogens with zero attached hydrogens (tertiary/aromatic N) is 2. The zero-order valence-corrected chi connectivity index (χ0v) is 8.82. The summed E-state index contributed by atoms with van der Waals surface area (Å²) >= 11 is 1.59. The van der Waals surface area contributed by atoms with Crippen molar-refractivity contribution >= 4 is 17.3 Å². The minimum absolute atomic E-state index is 0.219. The molecular formula is C10H8N2O2S. The Bertz CT molecular complexity index is 451. The Hall–Kier alpha value is -1.75. The second-order valence-corrected chi connectivity index (χ2v) is 3.57. The van der Waals surface area contributed by atoms with E-state index in [1.165, 1.54) is 13.3 Å². The molecule has 0 saturated heterocycles. The number of carbonyl (C=O) groups excluding carboxylic acids is 1. The first-order valence-corrected chi connectivity index (χ1v) is 5.18. The van der Waals surface area contributed by atoms with Crippen LogP contribution in [0.2, 0.25) is 0 Å². The lowest BCUT2D eigenvalue weighted by molar-refractivity contribution is 0.0593. The maximum absolute atomic E-state index is 11.1. The van der Waals surface area contributed by atoms with E-state index in [1.807, 2.05) is 16.8 Å². The van der Waals surface area contributed by atoms with Crippen LogP contribution in [-0.4, -0.2) is 23.0 Å². The molecule has 0 radical (unpaired) electrons. The summed E-state index contributed by atoms with van der Waals surface area (Å²) in [6, 6.07) is 1.95. The smallest absolute Gasteiger partial charge is 0.358 e. The minimum atomic E-state index is -0.473. The number of hydrogen-bond donors (Lipinski definition) is 0. The minimum Gasteiger partial charge on any atom is -0.464 e. The van der Waals surface area contributed by atoms with Gasteiger partial charge in [-0.05, 0) is 11.4 Å². The lowest BCUT2D eigenvalue weighted by Gasteiger charge is -1.99. The van der Waals surface area contributed by atoms with Crippen LogP contribution in [0.25, 0.3) is 11.3 Å². The number of thiophene rings is 1. The number of esters is 1. The van der Waals surface area contributed by atoms with Crippen LogP contribution in [-0.2, 0) is 4.74 Å². The predicted molar refractivity (Wildman–Crippen MR) is 56.7 cm³/mol. The van der Waals surface area contributed by atoms with Gasteiger partial charge in [-0.1, -0.05) is 0 Å². The molecule has 15 heavy (non-hydrogen) atoms. The Morgan fingerprint density at radius 3 is 2.80 bits per heavy atom. The Labute approximate surface area is 90.6 Å². The standard InChI is InChI=1S/C10H8N2O2S/c1-14-10(13)9-5-11-8(4-12-9)7-2-3-15-6-7/h2-6H,1H3. The molecule has 0 bridgehead atoms. The van der Waals surface area contributed by atoms with Crippen molar-refractivity contribution < 1.29 is 9.53 Å². The van der Waals surface area contributed by atoms with Gasteiger partial charge in [-0.3, -0.25) is 4.98 Å². The third kappa shape index (κ3) is 2.02. The number of aromatic nitrogens is 2. The van der Waals surface area contributed by atoms with Gasteiger partial charge < -0.3 is 4.74 Å². The highest BCUT2D eigenvalue weighted by molar-refractivity contribution is 7.08. The van der Waals surface area contributed by atoms with E-state index >= 15 is 0 Å². The Balaban J connectivity index is 2.29. The first-order chi connectivity index (χ1) is 7.31. The third-order valence-corrected chi connectivity index (χ3v) is 2.55. The van der Waals surface area contributed by atoms with Gasteiger partial charge in [-0.15, -0.1) is 0 Å². The molecule has 0 amide bonds. The van der Waals surface area contributed by atoms with Gasteiger partial charge in [-0.2, -0.15) is 11.3 Å². The van der Waals surface area contributed by atoms with Crippen molar-refractivity contribution in [2.75, 3.05) is 7.11 Å². The molecule has 0 atom stereocenters. The van der Waals surface area contributed by atoms with Crippen LogP contribution in [0.15, 0.2) is 29.2 Å². The van der Waals surface area contributed by atoms with E-state index in [-0.39, 0.29) is 5.69 Å². The molecular weight excluding hydrogens is 212 g/mol. The fourth-order valence-corrected chi connectivity index (χ4v) is 1.75. The van der Waals surface area contributed by atoms with E-state index in [0.29, 0.717) is 0 Å². The summed E-state index contributed by atoms with van der Waals surface area (Å²) in [6.45, 7) is 0. The fraction of sp³-hybridized carbons (Fsp3) is 0.100. The van der Waals surface area contributed by atoms with Crippen LogP contribution in [0.5, 0.6) is 0 Å². The van der Waals surface area contributed by atoms with Crippen molar-refractivity contribution in [2.45, 2.75) is 0 Å². The summed E-state index contributed by atoms with van der Waals surface area (Å²) in [6.07, 6.45) is 2.98. The van der Waals surface area contributed by atoms with Gasteiger partial charge in [0.05, 0.1) is 25.2 Å². The summed E-state index contributed by atoms with van der Waals surface area (Å²) < 4.78 is 4.53. The summed E-state index contributed by atoms with van der Waals surface area (Å²) in [5, 5.41) is 3.94. The second kappa shape index (κ2) is 4.18. The topological polar surface area (TPSA) is 52.1 Å².